The zero-order chi connectivity index (χ0) is 28.6. The zero-order valence-electron chi connectivity index (χ0n) is 22.2. The maximum absolute atomic E-state index is 13.8. The molecule has 1 unspecified atom stereocenters. The number of hydrogen-bond acceptors (Lipinski definition) is 4. The highest BCUT2D eigenvalue weighted by atomic mass is 79.9. The summed E-state index contributed by atoms with van der Waals surface area (Å²) in [4.78, 5) is 28.2. The molecule has 3 aromatic carbocycles. The molecule has 0 aliphatic carbocycles. The summed E-state index contributed by atoms with van der Waals surface area (Å²) in [5, 5.41) is 2.84. The summed E-state index contributed by atoms with van der Waals surface area (Å²) in [7, 11) is -4.14. The van der Waals surface area contributed by atoms with Gasteiger partial charge in [-0.25, -0.2) is 12.8 Å². The summed E-state index contributed by atoms with van der Waals surface area (Å²) in [5.41, 5.74) is 1.79. The predicted molar refractivity (Wildman–Crippen MR) is 154 cm³/mol. The molecule has 3 rings (SSSR count). The molecule has 0 heterocycles. The van der Waals surface area contributed by atoms with E-state index >= 15 is 0 Å². The summed E-state index contributed by atoms with van der Waals surface area (Å²) in [6.07, 6.45) is 1.68. The van der Waals surface area contributed by atoms with Crippen LogP contribution >= 0.6 is 15.9 Å². The topological polar surface area (TPSA) is 86.8 Å². The number of unbranched alkanes of at least 4 members (excludes halogenated alkanes) is 1. The van der Waals surface area contributed by atoms with Gasteiger partial charge >= 0.3 is 0 Å². The first-order valence-electron chi connectivity index (χ1n) is 12.7. The first-order chi connectivity index (χ1) is 18.5. The van der Waals surface area contributed by atoms with Crippen LogP contribution in [-0.2, 0) is 26.2 Å². The molecule has 0 saturated heterocycles. The third-order valence-corrected chi connectivity index (χ3v) is 8.53. The lowest BCUT2D eigenvalue weighted by atomic mass is 10.1. The van der Waals surface area contributed by atoms with Gasteiger partial charge in [-0.1, -0.05) is 65.2 Å². The van der Waals surface area contributed by atoms with Crippen LogP contribution in [0.15, 0.2) is 82.2 Å². The number of carbonyl (C=O) groups is 2. The van der Waals surface area contributed by atoms with E-state index in [9.17, 15) is 22.4 Å². The minimum Gasteiger partial charge on any atom is -0.354 e. The van der Waals surface area contributed by atoms with Crippen LogP contribution in [0.5, 0.6) is 0 Å². The Morgan fingerprint density at radius 1 is 1.03 bits per heavy atom. The van der Waals surface area contributed by atoms with Crippen molar-refractivity contribution < 1.29 is 22.4 Å². The second-order valence-electron chi connectivity index (χ2n) is 9.27. The SMILES string of the molecule is CCCCNC(=O)C(C)N(Cc1ccc(F)cc1)C(=O)CN(c1cccc(Br)c1)S(=O)(=O)c1ccc(C)cc1. The molecule has 0 saturated carbocycles. The molecule has 0 aliphatic heterocycles. The number of aryl methyl sites for hydroxylation is 1. The van der Waals surface area contributed by atoms with Crippen molar-refractivity contribution in [1.29, 1.82) is 0 Å². The standard InChI is InChI=1S/C29H33BrFN3O4S/c1-4-5-17-32-29(36)22(3)33(19-23-11-13-25(31)14-12-23)28(35)20-34(26-8-6-7-24(30)18-26)39(37,38)27-15-9-21(2)10-16-27/h6-16,18,22H,4-5,17,19-20H2,1-3H3,(H,32,36). The van der Waals surface area contributed by atoms with Gasteiger partial charge in [0, 0.05) is 17.6 Å². The highest BCUT2D eigenvalue weighted by molar-refractivity contribution is 9.10. The molecule has 3 aromatic rings. The van der Waals surface area contributed by atoms with Gasteiger partial charge in [-0.05, 0) is 68.3 Å². The summed E-state index contributed by atoms with van der Waals surface area (Å²) >= 11 is 3.38. The highest BCUT2D eigenvalue weighted by Crippen LogP contribution is 2.27. The first-order valence-corrected chi connectivity index (χ1v) is 14.9. The monoisotopic (exact) mass is 617 g/mol. The van der Waals surface area contributed by atoms with Crippen molar-refractivity contribution in [3.05, 3.63) is 94.2 Å². The van der Waals surface area contributed by atoms with E-state index in [1.54, 1.807) is 43.3 Å². The molecule has 1 N–H and O–H groups in total. The quantitative estimate of drug-likeness (QED) is 0.275. The maximum Gasteiger partial charge on any atom is 0.264 e. The van der Waals surface area contributed by atoms with Crippen LogP contribution in [0, 0.1) is 12.7 Å². The summed E-state index contributed by atoms with van der Waals surface area (Å²) in [5.74, 6) is -1.35. The number of sulfonamides is 1. The number of nitrogens with zero attached hydrogens (tertiary/aromatic N) is 2. The van der Waals surface area contributed by atoms with Crippen LogP contribution in [0.1, 0.15) is 37.8 Å². The average molecular weight is 619 g/mol. The lowest BCUT2D eigenvalue weighted by Crippen LogP contribution is -2.51. The molecule has 7 nitrogen and oxygen atoms in total. The van der Waals surface area contributed by atoms with Crippen molar-refractivity contribution >= 4 is 43.5 Å². The third kappa shape index (κ3) is 8.12. The zero-order valence-corrected chi connectivity index (χ0v) is 24.6. The lowest BCUT2D eigenvalue weighted by Gasteiger charge is -2.32. The van der Waals surface area contributed by atoms with Gasteiger partial charge in [-0.15, -0.1) is 0 Å². The number of rotatable bonds is 12. The van der Waals surface area contributed by atoms with Crippen LogP contribution in [0.25, 0.3) is 0 Å². The van der Waals surface area contributed by atoms with Crippen molar-refractivity contribution in [1.82, 2.24) is 10.2 Å². The number of anilines is 1. The third-order valence-electron chi connectivity index (χ3n) is 6.25. The minimum atomic E-state index is -4.14. The van der Waals surface area contributed by atoms with Crippen LogP contribution < -0.4 is 9.62 Å². The van der Waals surface area contributed by atoms with E-state index in [2.05, 4.69) is 21.2 Å². The van der Waals surface area contributed by atoms with E-state index in [1.807, 2.05) is 13.8 Å². The molecule has 2 amide bonds. The number of nitrogens with one attached hydrogen (secondary N) is 1. The van der Waals surface area contributed by atoms with E-state index in [-0.39, 0.29) is 17.3 Å². The van der Waals surface area contributed by atoms with Crippen molar-refractivity contribution in [2.45, 2.75) is 51.1 Å². The van der Waals surface area contributed by atoms with Crippen molar-refractivity contribution in [2.75, 3.05) is 17.4 Å². The molecule has 0 radical (unpaired) electrons. The van der Waals surface area contributed by atoms with Gasteiger partial charge in [0.05, 0.1) is 10.6 Å². The van der Waals surface area contributed by atoms with E-state index in [4.69, 9.17) is 0 Å². The molecule has 0 fully saturated rings. The Balaban J connectivity index is 1.99. The molecule has 0 spiro atoms. The summed E-state index contributed by atoms with van der Waals surface area (Å²) < 4.78 is 42.8. The number of carbonyl (C=O) groups excluding carboxylic acids is 2. The van der Waals surface area contributed by atoms with Crippen LogP contribution in [0.2, 0.25) is 0 Å². The van der Waals surface area contributed by atoms with Gasteiger partial charge in [-0.2, -0.15) is 0 Å². The van der Waals surface area contributed by atoms with E-state index in [0.717, 1.165) is 22.7 Å². The maximum atomic E-state index is 13.8. The number of amides is 2. The molecular formula is C29H33BrFN3O4S. The molecule has 208 valence electrons. The molecule has 1 atom stereocenters. The Morgan fingerprint density at radius 3 is 2.31 bits per heavy atom. The normalized spacial score (nSPS) is 12.0. The number of benzene rings is 3. The Kier molecular flexibility index (Phi) is 10.7. The second-order valence-corrected chi connectivity index (χ2v) is 12.1. The van der Waals surface area contributed by atoms with Crippen molar-refractivity contribution in [3.63, 3.8) is 0 Å². The number of hydrogen-bond donors (Lipinski definition) is 1. The van der Waals surface area contributed by atoms with E-state index in [1.165, 1.54) is 41.3 Å². The molecule has 0 bridgehead atoms. The number of halogens is 2. The van der Waals surface area contributed by atoms with Gasteiger partial charge in [0.25, 0.3) is 10.0 Å². The molecule has 10 heteroatoms. The molecule has 39 heavy (non-hydrogen) atoms. The lowest BCUT2D eigenvalue weighted by molar-refractivity contribution is -0.139. The largest absolute Gasteiger partial charge is 0.354 e. The highest BCUT2D eigenvalue weighted by Gasteiger charge is 2.32. The van der Waals surface area contributed by atoms with Gasteiger partial charge in [0.15, 0.2) is 0 Å². The van der Waals surface area contributed by atoms with Gasteiger partial charge in [-0.3, -0.25) is 13.9 Å². The Bertz CT molecular complexity index is 1380. The van der Waals surface area contributed by atoms with Crippen LogP contribution in [-0.4, -0.2) is 44.3 Å². The van der Waals surface area contributed by atoms with Crippen LogP contribution in [0.4, 0.5) is 10.1 Å². The molecular weight excluding hydrogens is 585 g/mol. The van der Waals surface area contributed by atoms with Gasteiger partial charge < -0.3 is 10.2 Å². The summed E-state index contributed by atoms with van der Waals surface area (Å²) in [6, 6.07) is 17.8. The van der Waals surface area contributed by atoms with Crippen molar-refractivity contribution in [2.24, 2.45) is 0 Å². The minimum absolute atomic E-state index is 0.00161. The predicted octanol–water partition coefficient (Wildman–Crippen LogP) is 5.43. The molecule has 0 aromatic heterocycles. The Hall–Kier alpha value is -3.24. The Labute approximate surface area is 238 Å². The first kappa shape index (κ1) is 30.3. The molecule has 0 aliphatic rings. The fourth-order valence-electron chi connectivity index (χ4n) is 3.90. The Morgan fingerprint density at radius 2 is 1.69 bits per heavy atom. The summed E-state index contributed by atoms with van der Waals surface area (Å²) in [6.45, 7) is 5.38. The fraction of sp³-hybridized carbons (Fsp3) is 0.310. The second kappa shape index (κ2) is 13.7. The van der Waals surface area contributed by atoms with E-state index in [0.29, 0.717) is 22.3 Å². The average Bonchev–Trinajstić information content (AvgIpc) is 2.91. The van der Waals surface area contributed by atoms with Gasteiger partial charge in [0.1, 0.15) is 18.4 Å². The smallest absolute Gasteiger partial charge is 0.264 e. The van der Waals surface area contributed by atoms with Gasteiger partial charge in [0.2, 0.25) is 11.8 Å². The fourth-order valence-corrected chi connectivity index (χ4v) is 5.70. The van der Waals surface area contributed by atoms with Crippen molar-refractivity contribution in [3.8, 4) is 0 Å². The van der Waals surface area contributed by atoms with Crippen LogP contribution in [0.3, 0.4) is 0 Å². The van der Waals surface area contributed by atoms with E-state index < -0.39 is 34.3 Å².